The van der Waals surface area contributed by atoms with Gasteiger partial charge in [-0.15, -0.1) is 11.8 Å². The SMILES string of the molecule is CC(C)(C)[Si](C)(C)N1C(=O)C(C(=O)c2cc3ccccn3n2)C1SC(c1ccccc1)(c1ccccc1)c1ccccc1. The number of carbonyl (C=O) groups is 2. The minimum Gasteiger partial charge on any atom is -0.356 e. The van der Waals surface area contributed by atoms with Gasteiger partial charge in [0.05, 0.1) is 15.6 Å². The van der Waals surface area contributed by atoms with E-state index in [9.17, 15) is 9.59 Å². The molecule has 1 saturated heterocycles. The first kappa shape index (κ1) is 29.1. The van der Waals surface area contributed by atoms with Gasteiger partial charge in [0.1, 0.15) is 11.6 Å². The van der Waals surface area contributed by atoms with Gasteiger partial charge in [-0.25, -0.2) is 4.52 Å². The first-order valence-corrected chi connectivity index (χ1v) is 18.5. The zero-order valence-electron chi connectivity index (χ0n) is 25.3. The summed E-state index contributed by atoms with van der Waals surface area (Å²) >= 11 is 1.72. The molecule has 43 heavy (non-hydrogen) atoms. The normalized spacial score (nSPS) is 17.6. The van der Waals surface area contributed by atoms with Crippen molar-refractivity contribution in [2.45, 2.75) is 49.0 Å². The number of hydrogen-bond acceptors (Lipinski definition) is 4. The lowest BCUT2D eigenvalue weighted by Gasteiger charge is -2.59. The molecule has 218 valence electrons. The topological polar surface area (TPSA) is 54.7 Å². The summed E-state index contributed by atoms with van der Waals surface area (Å²) in [6, 6.07) is 38.9. The second-order valence-corrected chi connectivity index (χ2v) is 19.2. The van der Waals surface area contributed by atoms with Crippen molar-refractivity contribution in [2.24, 2.45) is 5.92 Å². The van der Waals surface area contributed by atoms with Crippen molar-refractivity contribution in [1.29, 1.82) is 0 Å². The van der Waals surface area contributed by atoms with Gasteiger partial charge in [-0.3, -0.25) is 9.59 Å². The van der Waals surface area contributed by atoms with Gasteiger partial charge in [-0.05, 0) is 39.9 Å². The predicted molar refractivity (Wildman–Crippen MR) is 178 cm³/mol. The molecule has 2 atom stereocenters. The van der Waals surface area contributed by atoms with E-state index in [1.165, 1.54) is 0 Å². The number of thioether (sulfide) groups is 1. The van der Waals surface area contributed by atoms with Crippen LogP contribution >= 0.6 is 11.8 Å². The summed E-state index contributed by atoms with van der Waals surface area (Å²) in [5, 5.41) is 4.10. The molecule has 3 aromatic carbocycles. The number of nitrogens with zero attached hydrogens (tertiary/aromatic N) is 3. The minimum absolute atomic E-state index is 0.0887. The molecule has 0 bridgehead atoms. The van der Waals surface area contributed by atoms with Crippen LogP contribution in [0.1, 0.15) is 48.0 Å². The van der Waals surface area contributed by atoms with Crippen molar-refractivity contribution in [2.75, 3.05) is 0 Å². The van der Waals surface area contributed by atoms with Crippen molar-refractivity contribution in [3.05, 3.63) is 144 Å². The third-order valence-corrected chi connectivity index (χ3v) is 16.6. The summed E-state index contributed by atoms with van der Waals surface area (Å²) in [5.41, 5.74) is 4.47. The molecule has 0 N–H and O–H groups in total. The number of hydrogen-bond donors (Lipinski definition) is 0. The molecule has 7 heteroatoms. The third kappa shape index (κ3) is 4.84. The predicted octanol–water partition coefficient (Wildman–Crippen LogP) is 8.03. The number of fused-ring (bicyclic) bond motifs is 1. The molecular weight excluding hydrogens is 567 g/mol. The maximum Gasteiger partial charge on any atom is 0.229 e. The largest absolute Gasteiger partial charge is 0.356 e. The van der Waals surface area contributed by atoms with Crippen molar-refractivity contribution < 1.29 is 9.59 Å². The molecule has 0 saturated carbocycles. The van der Waals surface area contributed by atoms with Gasteiger partial charge < -0.3 is 4.57 Å². The van der Waals surface area contributed by atoms with Gasteiger partial charge in [0.2, 0.25) is 5.91 Å². The number of β-lactam (4-membered cyclic amide) rings is 1. The van der Waals surface area contributed by atoms with Crippen LogP contribution in [0.5, 0.6) is 0 Å². The van der Waals surface area contributed by atoms with E-state index in [1.807, 2.05) is 42.6 Å². The summed E-state index contributed by atoms with van der Waals surface area (Å²) in [5.74, 6) is -1.14. The van der Waals surface area contributed by atoms with Gasteiger partial charge in [-0.1, -0.05) is 131 Å². The number of carbonyl (C=O) groups excluding carboxylic acids is 2. The average molecular weight is 604 g/mol. The zero-order chi connectivity index (χ0) is 30.4. The van der Waals surface area contributed by atoms with Crippen LogP contribution in [0.15, 0.2) is 121 Å². The van der Waals surface area contributed by atoms with Crippen molar-refractivity contribution in [3.63, 3.8) is 0 Å². The Morgan fingerprint density at radius 1 is 0.767 bits per heavy atom. The third-order valence-electron chi connectivity index (χ3n) is 9.22. The van der Waals surface area contributed by atoms with Crippen LogP contribution in [0.4, 0.5) is 0 Å². The summed E-state index contributed by atoms with van der Waals surface area (Å²) in [4.78, 5) is 28.6. The van der Waals surface area contributed by atoms with Crippen LogP contribution in [0.25, 0.3) is 5.52 Å². The van der Waals surface area contributed by atoms with Crippen molar-refractivity contribution in [1.82, 2.24) is 14.2 Å². The molecule has 1 fully saturated rings. The highest BCUT2D eigenvalue weighted by Crippen LogP contribution is 2.57. The fourth-order valence-electron chi connectivity index (χ4n) is 5.90. The van der Waals surface area contributed by atoms with Crippen LogP contribution in [-0.4, -0.2) is 39.5 Å². The fourth-order valence-corrected chi connectivity index (χ4v) is 10.8. The Balaban J connectivity index is 1.55. The molecule has 1 aliphatic rings. The Morgan fingerprint density at radius 2 is 1.26 bits per heavy atom. The van der Waals surface area contributed by atoms with Gasteiger partial charge in [0, 0.05) is 6.20 Å². The van der Waals surface area contributed by atoms with Crippen molar-refractivity contribution in [3.8, 4) is 0 Å². The standard InChI is InChI=1S/C36H37N3O2SSi/c1-35(2,3)43(4,5)39-33(41)31(32(40)30-25-29-23-15-16-24-38(29)37-30)34(39)42-36(26-17-9-6-10-18-26,27-19-11-7-12-20-27)28-21-13-8-14-22-28/h6-25,31,34H,1-5H3. The number of benzene rings is 3. The van der Waals surface area contributed by atoms with Gasteiger partial charge in [0.15, 0.2) is 14.0 Å². The zero-order valence-corrected chi connectivity index (χ0v) is 27.1. The number of aromatic nitrogens is 2. The van der Waals surface area contributed by atoms with E-state index in [2.05, 4.69) is 116 Å². The van der Waals surface area contributed by atoms with Crippen LogP contribution in [-0.2, 0) is 9.54 Å². The molecule has 0 spiro atoms. The number of pyridine rings is 1. The monoisotopic (exact) mass is 603 g/mol. The Bertz CT molecular complexity index is 1630. The van der Waals surface area contributed by atoms with E-state index >= 15 is 0 Å². The van der Waals surface area contributed by atoms with Gasteiger partial charge >= 0.3 is 0 Å². The van der Waals surface area contributed by atoms with E-state index in [1.54, 1.807) is 22.3 Å². The van der Waals surface area contributed by atoms with Crippen molar-refractivity contribution >= 4 is 37.2 Å². The Labute approximate surface area is 259 Å². The molecule has 1 aliphatic heterocycles. The molecule has 0 aliphatic carbocycles. The second-order valence-electron chi connectivity index (χ2n) is 12.7. The maximum absolute atomic E-state index is 14.3. The van der Waals surface area contributed by atoms with Crippen LogP contribution in [0, 0.1) is 5.92 Å². The number of amides is 1. The van der Waals surface area contributed by atoms with E-state index in [0.29, 0.717) is 5.69 Å². The molecule has 5 aromatic rings. The summed E-state index contributed by atoms with van der Waals surface area (Å²) in [6.45, 7) is 11.1. The summed E-state index contributed by atoms with van der Waals surface area (Å²) in [7, 11) is -2.39. The lowest BCUT2D eigenvalue weighted by molar-refractivity contribution is -0.140. The van der Waals surface area contributed by atoms with Gasteiger partial charge in [0.25, 0.3) is 0 Å². The Hall–Kier alpha value is -3.94. The maximum atomic E-state index is 14.3. The van der Waals surface area contributed by atoms with Gasteiger partial charge in [-0.2, -0.15) is 5.10 Å². The molecule has 0 radical (unpaired) electrons. The minimum atomic E-state index is -2.39. The average Bonchev–Trinajstić information content (AvgIpc) is 3.45. The Kier molecular flexibility index (Phi) is 7.43. The molecular formula is C36H37N3O2SSi. The van der Waals surface area contributed by atoms with E-state index in [4.69, 9.17) is 0 Å². The smallest absolute Gasteiger partial charge is 0.229 e. The number of rotatable bonds is 8. The van der Waals surface area contributed by atoms with E-state index < -0.39 is 18.9 Å². The Morgan fingerprint density at radius 3 is 1.72 bits per heavy atom. The molecule has 3 heterocycles. The van der Waals surface area contributed by atoms with Crippen LogP contribution in [0.3, 0.4) is 0 Å². The number of ketones is 1. The highest BCUT2D eigenvalue weighted by molar-refractivity contribution is 8.01. The summed E-state index contributed by atoms with van der Waals surface area (Å²) in [6.07, 6.45) is 1.83. The van der Waals surface area contributed by atoms with Crippen LogP contribution < -0.4 is 0 Å². The summed E-state index contributed by atoms with van der Waals surface area (Å²) < 4.78 is 3.12. The molecule has 2 unspecified atom stereocenters. The fraction of sp³-hybridized carbons (Fsp3) is 0.250. The van der Waals surface area contributed by atoms with E-state index in [-0.39, 0.29) is 22.1 Å². The lowest BCUT2D eigenvalue weighted by Crippen LogP contribution is -2.73. The highest BCUT2D eigenvalue weighted by atomic mass is 32.2. The quantitative estimate of drug-likeness (QED) is 0.0592. The second kappa shape index (κ2) is 11.0. The van der Waals surface area contributed by atoms with E-state index in [0.717, 1.165) is 22.2 Å². The number of Topliss-reactive ketones (excluding diaryl/α,β-unsaturated/α-hetero) is 1. The highest BCUT2D eigenvalue weighted by Gasteiger charge is 2.62. The molecule has 6 rings (SSSR count). The molecule has 2 aromatic heterocycles. The molecule has 1 amide bonds. The first-order chi connectivity index (χ1) is 20.6. The van der Waals surface area contributed by atoms with Crippen LogP contribution in [0.2, 0.25) is 18.1 Å². The molecule has 5 nitrogen and oxygen atoms in total. The lowest BCUT2D eigenvalue weighted by atomic mass is 9.84. The first-order valence-electron chi connectivity index (χ1n) is 14.7.